The smallest absolute Gasteiger partial charge is 0.341 e. The molecule has 2 unspecified atom stereocenters. The van der Waals surface area contributed by atoms with Crippen LogP contribution < -0.4 is 0 Å². The fourth-order valence-electron chi connectivity index (χ4n) is 1.24. The summed E-state index contributed by atoms with van der Waals surface area (Å²) in [5.41, 5.74) is -0.654. The molecule has 0 aliphatic carbocycles. The van der Waals surface area contributed by atoms with Gasteiger partial charge in [0.25, 0.3) is 0 Å². The van der Waals surface area contributed by atoms with E-state index in [1.807, 2.05) is 20.8 Å². The molecule has 1 aliphatic heterocycles. The molecule has 0 spiro atoms. The Morgan fingerprint density at radius 2 is 2.25 bits per heavy atom. The summed E-state index contributed by atoms with van der Waals surface area (Å²) < 4.78 is 10.3. The standard InChI is InChI=1S/C9H16O3/c1-5-7-9(4,12-7)8(10)11-6(2)3/h6-7H,5H2,1-4H3. The fraction of sp³-hybridized carbons (Fsp3) is 0.889. The average molecular weight is 172 g/mol. The number of esters is 1. The van der Waals surface area contributed by atoms with Crippen molar-refractivity contribution < 1.29 is 14.3 Å². The summed E-state index contributed by atoms with van der Waals surface area (Å²) in [4.78, 5) is 11.4. The Hall–Kier alpha value is -0.570. The third-order valence-corrected chi connectivity index (χ3v) is 2.06. The molecule has 0 bridgehead atoms. The fourth-order valence-corrected chi connectivity index (χ4v) is 1.24. The number of ether oxygens (including phenoxy) is 2. The van der Waals surface area contributed by atoms with Gasteiger partial charge in [0, 0.05) is 0 Å². The van der Waals surface area contributed by atoms with Crippen LogP contribution in [0, 0.1) is 0 Å². The molecule has 12 heavy (non-hydrogen) atoms. The predicted molar refractivity (Wildman–Crippen MR) is 44.8 cm³/mol. The third kappa shape index (κ3) is 1.61. The normalized spacial score (nSPS) is 33.6. The van der Waals surface area contributed by atoms with Gasteiger partial charge >= 0.3 is 5.97 Å². The van der Waals surface area contributed by atoms with Crippen LogP contribution in [-0.4, -0.2) is 23.8 Å². The summed E-state index contributed by atoms with van der Waals surface area (Å²) in [6, 6.07) is 0. The molecule has 70 valence electrons. The zero-order valence-corrected chi connectivity index (χ0v) is 8.09. The molecule has 1 fully saturated rings. The quantitative estimate of drug-likeness (QED) is 0.478. The number of hydrogen-bond acceptors (Lipinski definition) is 3. The Labute approximate surface area is 73.0 Å². The van der Waals surface area contributed by atoms with E-state index in [0.717, 1.165) is 6.42 Å². The molecular weight excluding hydrogens is 156 g/mol. The van der Waals surface area contributed by atoms with Crippen LogP contribution >= 0.6 is 0 Å². The summed E-state index contributed by atoms with van der Waals surface area (Å²) >= 11 is 0. The number of hydrogen-bond donors (Lipinski definition) is 0. The molecule has 1 aliphatic rings. The van der Waals surface area contributed by atoms with Crippen molar-refractivity contribution in [3.8, 4) is 0 Å². The van der Waals surface area contributed by atoms with E-state index in [9.17, 15) is 4.79 Å². The first kappa shape index (κ1) is 9.52. The van der Waals surface area contributed by atoms with Gasteiger partial charge in [-0.3, -0.25) is 0 Å². The van der Waals surface area contributed by atoms with E-state index in [1.54, 1.807) is 6.92 Å². The van der Waals surface area contributed by atoms with Crippen LogP contribution in [0.4, 0.5) is 0 Å². The molecular formula is C9H16O3. The average Bonchev–Trinajstić information content (AvgIpc) is 2.62. The second-order valence-electron chi connectivity index (χ2n) is 3.58. The van der Waals surface area contributed by atoms with E-state index in [-0.39, 0.29) is 18.2 Å². The van der Waals surface area contributed by atoms with Crippen LogP contribution in [0.5, 0.6) is 0 Å². The van der Waals surface area contributed by atoms with Gasteiger partial charge in [-0.25, -0.2) is 4.79 Å². The molecule has 0 amide bonds. The van der Waals surface area contributed by atoms with Crippen molar-refractivity contribution in [2.45, 2.75) is 51.9 Å². The highest BCUT2D eigenvalue weighted by Crippen LogP contribution is 2.39. The SMILES string of the molecule is CCC1OC1(C)C(=O)OC(C)C. The number of epoxide rings is 1. The molecule has 0 aromatic carbocycles. The van der Waals surface area contributed by atoms with Gasteiger partial charge in [-0.2, -0.15) is 0 Å². The molecule has 3 nitrogen and oxygen atoms in total. The molecule has 0 saturated carbocycles. The van der Waals surface area contributed by atoms with Gasteiger partial charge in [0.1, 0.15) is 0 Å². The largest absolute Gasteiger partial charge is 0.461 e. The van der Waals surface area contributed by atoms with Crippen molar-refractivity contribution in [1.29, 1.82) is 0 Å². The van der Waals surface area contributed by atoms with Crippen molar-refractivity contribution >= 4 is 5.97 Å². The topological polar surface area (TPSA) is 38.8 Å². The lowest BCUT2D eigenvalue weighted by molar-refractivity contribution is -0.153. The molecule has 1 saturated heterocycles. The first-order valence-corrected chi connectivity index (χ1v) is 4.39. The van der Waals surface area contributed by atoms with Crippen LogP contribution in [0.1, 0.15) is 34.1 Å². The maximum absolute atomic E-state index is 11.4. The highest BCUT2D eigenvalue weighted by Gasteiger charge is 2.58. The molecule has 0 radical (unpaired) electrons. The summed E-state index contributed by atoms with van der Waals surface area (Å²) in [6.45, 7) is 7.46. The Morgan fingerprint density at radius 3 is 2.58 bits per heavy atom. The molecule has 3 heteroatoms. The molecule has 0 aromatic rings. The van der Waals surface area contributed by atoms with Gasteiger partial charge in [0.2, 0.25) is 0 Å². The Kier molecular flexibility index (Phi) is 2.42. The highest BCUT2D eigenvalue weighted by atomic mass is 16.7. The van der Waals surface area contributed by atoms with E-state index in [1.165, 1.54) is 0 Å². The van der Waals surface area contributed by atoms with E-state index >= 15 is 0 Å². The number of carbonyl (C=O) groups excluding carboxylic acids is 1. The van der Waals surface area contributed by atoms with Crippen molar-refractivity contribution in [3.63, 3.8) is 0 Å². The van der Waals surface area contributed by atoms with Gasteiger partial charge < -0.3 is 9.47 Å². The van der Waals surface area contributed by atoms with Gasteiger partial charge in [0.15, 0.2) is 5.60 Å². The minimum Gasteiger partial charge on any atom is -0.461 e. The second kappa shape index (κ2) is 3.05. The number of rotatable bonds is 3. The van der Waals surface area contributed by atoms with Gasteiger partial charge in [-0.1, -0.05) is 6.92 Å². The zero-order chi connectivity index (χ0) is 9.35. The van der Waals surface area contributed by atoms with Crippen molar-refractivity contribution in [3.05, 3.63) is 0 Å². The lowest BCUT2D eigenvalue weighted by Crippen LogP contribution is -2.28. The highest BCUT2D eigenvalue weighted by molar-refractivity contribution is 5.82. The summed E-state index contributed by atoms with van der Waals surface area (Å²) in [5.74, 6) is -0.232. The van der Waals surface area contributed by atoms with Crippen LogP contribution in [0.15, 0.2) is 0 Å². The van der Waals surface area contributed by atoms with Gasteiger partial charge in [-0.15, -0.1) is 0 Å². The van der Waals surface area contributed by atoms with E-state index < -0.39 is 5.60 Å². The second-order valence-corrected chi connectivity index (χ2v) is 3.58. The van der Waals surface area contributed by atoms with Crippen LogP contribution in [-0.2, 0) is 14.3 Å². The lowest BCUT2D eigenvalue weighted by atomic mass is 10.1. The molecule has 2 atom stereocenters. The summed E-state index contributed by atoms with van der Waals surface area (Å²) in [5, 5.41) is 0. The van der Waals surface area contributed by atoms with Gasteiger partial charge in [0.05, 0.1) is 12.2 Å². The van der Waals surface area contributed by atoms with E-state index in [0.29, 0.717) is 0 Å². The Balaban J connectivity index is 2.44. The molecule has 0 N–H and O–H groups in total. The maximum atomic E-state index is 11.4. The first-order chi connectivity index (χ1) is 5.50. The lowest BCUT2D eigenvalue weighted by Gasteiger charge is -2.10. The monoisotopic (exact) mass is 172 g/mol. The number of carbonyl (C=O) groups is 1. The molecule has 1 heterocycles. The van der Waals surface area contributed by atoms with Crippen molar-refractivity contribution in [1.82, 2.24) is 0 Å². The van der Waals surface area contributed by atoms with Crippen LogP contribution in [0.25, 0.3) is 0 Å². The maximum Gasteiger partial charge on any atom is 0.341 e. The first-order valence-electron chi connectivity index (χ1n) is 4.39. The van der Waals surface area contributed by atoms with E-state index in [2.05, 4.69) is 0 Å². The van der Waals surface area contributed by atoms with Crippen molar-refractivity contribution in [2.75, 3.05) is 0 Å². The molecule has 1 rings (SSSR count). The summed E-state index contributed by atoms with van der Waals surface area (Å²) in [6.07, 6.45) is 0.865. The van der Waals surface area contributed by atoms with Crippen LogP contribution in [0.3, 0.4) is 0 Å². The molecule has 0 aromatic heterocycles. The Bertz CT molecular complexity index is 188. The Morgan fingerprint density at radius 1 is 1.67 bits per heavy atom. The van der Waals surface area contributed by atoms with E-state index in [4.69, 9.17) is 9.47 Å². The zero-order valence-electron chi connectivity index (χ0n) is 8.09. The summed E-state index contributed by atoms with van der Waals surface area (Å²) in [7, 11) is 0. The van der Waals surface area contributed by atoms with Crippen molar-refractivity contribution in [2.24, 2.45) is 0 Å². The third-order valence-electron chi connectivity index (χ3n) is 2.06. The minimum absolute atomic E-state index is 0.0590. The predicted octanol–water partition coefficient (Wildman–Crippen LogP) is 1.51. The minimum atomic E-state index is -0.654. The van der Waals surface area contributed by atoms with Crippen LogP contribution in [0.2, 0.25) is 0 Å². The van der Waals surface area contributed by atoms with Gasteiger partial charge in [-0.05, 0) is 27.2 Å².